The van der Waals surface area contributed by atoms with E-state index in [0.717, 1.165) is 22.4 Å². The van der Waals surface area contributed by atoms with Crippen LogP contribution in [0.2, 0.25) is 0 Å². The van der Waals surface area contributed by atoms with E-state index < -0.39 is 0 Å². The number of halogens is 1. The largest absolute Gasteiger partial charge is 0.325 e. The number of thioether (sulfide) groups is 1. The zero-order valence-electron chi connectivity index (χ0n) is 14.5. The van der Waals surface area contributed by atoms with E-state index in [1.807, 2.05) is 38.1 Å². The predicted molar refractivity (Wildman–Crippen MR) is 103 cm³/mol. The van der Waals surface area contributed by atoms with Gasteiger partial charge in [0.05, 0.1) is 11.4 Å². The summed E-state index contributed by atoms with van der Waals surface area (Å²) in [4.78, 5) is 12.1. The highest BCUT2D eigenvalue weighted by Crippen LogP contribution is 2.21. The smallest absolute Gasteiger partial charge is 0.234 e. The molecule has 0 bridgehead atoms. The molecule has 3 aromatic rings. The van der Waals surface area contributed by atoms with Crippen molar-refractivity contribution in [3.8, 4) is 11.3 Å². The Bertz CT molecular complexity index is 911. The van der Waals surface area contributed by atoms with Crippen molar-refractivity contribution in [2.24, 2.45) is 0 Å². The van der Waals surface area contributed by atoms with E-state index >= 15 is 0 Å². The highest BCUT2D eigenvalue weighted by molar-refractivity contribution is 7.99. The number of hydrogen-bond donors (Lipinski definition) is 1. The summed E-state index contributed by atoms with van der Waals surface area (Å²) in [5, 5.41) is 11.8. The standard InChI is InChI=1S/C20H18FN3OS/c1-13-3-8-17(14(2)11-13)22-19(25)12-26-20-10-9-18(23-24-20)15-4-6-16(21)7-5-15/h3-11H,12H2,1-2H3,(H,22,25). The van der Waals surface area contributed by atoms with Gasteiger partial charge >= 0.3 is 0 Å². The minimum absolute atomic E-state index is 0.0913. The molecule has 0 aliphatic rings. The SMILES string of the molecule is Cc1ccc(NC(=O)CSc2ccc(-c3ccc(F)cc3)nn2)c(C)c1. The summed E-state index contributed by atoms with van der Waals surface area (Å²) in [5.41, 5.74) is 4.47. The van der Waals surface area contributed by atoms with Gasteiger partial charge in [0.15, 0.2) is 0 Å². The van der Waals surface area contributed by atoms with Crippen molar-refractivity contribution >= 4 is 23.4 Å². The molecule has 0 aliphatic heterocycles. The van der Waals surface area contributed by atoms with Crippen molar-refractivity contribution in [2.45, 2.75) is 18.9 Å². The van der Waals surface area contributed by atoms with Gasteiger partial charge in [-0.05, 0) is 61.9 Å². The van der Waals surface area contributed by atoms with E-state index in [4.69, 9.17) is 0 Å². The number of nitrogens with zero attached hydrogens (tertiary/aromatic N) is 2. The van der Waals surface area contributed by atoms with Crippen molar-refractivity contribution in [3.63, 3.8) is 0 Å². The Balaban J connectivity index is 1.57. The van der Waals surface area contributed by atoms with E-state index in [1.165, 1.54) is 23.9 Å². The maximum absolute atomic E-state index is 13.0. The molecule has 1 aromatic heterocycles. The molecular weight excluding hydrogens is 349 g/mol. The molecular formula is C20H18FN3OS. The molecule has 0 saturated heterocycles. The van der Waals surface area contributed by atoms with Gasteiger partial charge in [-0.15, -0.1) is 10.2 Å². The fourth-order valence-electron chi connectivity index (χ4n) is 2.45. The number of benzene rings is 2. The molecule has 3 rings (SSSR count). The third kappa shape index (κ3) is 4.67. The second-order valence-corrected chi connectivity index (χ2v) is 6.91. The highest BCUT2D eigenvalue weighted by atomic mass is 32.2. The van der Waals surface area contributed by atoms with Crippen LogP contribution in [0, 0.1) is 19.7 Å². The van der Waals surface area contributed by atoms with Crippen LogP contribution in [0.1, 0.15) is 11.1 Å². The number of anilines is 1. The number of amides is 1. The molecule has 1 heterocycles. The molecule has 0 fully saturated rings. The fraction of sp³-hybridized carbons (Fsp3) is 0.150. The van der Waals surface area contributed by atoms with Crippen molar-refractivity contribution in [3.05, 3.63) is 71.5 Å². The van der Waals surface area contributed by atoms with Gasteiger partial charge in [-0.25, -0.2) is 4.39 Å². The zero-order valence-corrected chi connectivity index (χ0v) is 15.3. The topological polar surface area (TPSA) is 54.9 Å². The molecule has 0 saturated carbocycles. The lowest BCUT2D eigenvalue weighted by molar-refractivity contribution is -0.113. The Morgan fingerprint density at radius 3 is 2.46 bits per heavy atom. The third-order valence-corrected chi connectivity index (χ3v) is 4.71. The molecule has 0 unspecified atom stereocenters. The first kappa shape index (κ1) is 18.1. The van der Waals surface area contributed by atoms with Gasteiger partial charge in [-0.2, -0.15) is 0 Å². The van der Waals surface area contributed by atoms with Crippen LogP contribution in [0.15, 0.2) is 59.6 Å². The molecule has 0 aliphatic carbocycles. The van der Waals surface area contributed by atoms with E-state index in [9.17, 15) is 9.18 Å². The van der Waals surface area contributed by atoms with Gasteiger partial charge in [0.1, 0.15) is 10.8 Å². The number of rotatable bonds is 5. The number of carbonyl (C=O) groups excluding carboxylic acids is 1. The summed E-state index contributed by atoms with van der Waals surface area (Å²) in [6.07, 6.45) is 0. The Hall–Kier alpha value is -2.73. The fourth-order valence-corrected chi connectivity index (χ4v) is 3.07. The maximum Gasteiger partial charge on any atom is 0.234 e. The first-order chi connectivity index (χ1) is 12.5. The van der Waals surface area contributed by atoms with Gasteiger partial charge in [0.2, 0.25) is 5.91 Å². The molecule has 0 atom stereocenters. The first-order valence-corrected chi connectivity index (χ1v) is 9.09. The summed E-state index contributed by atoms with van der Waals surface area (Å²) in [6, 6.07) is 15.6. The Morgan fingerprint density at radius 1 is 1.04 bits per heavy atom. The molecule has 1 amide bonds. The molecule has 0 spiro atoms. The zero-order chi connectivity index (χ0) is 18.5. The van der Waals surface area contributed by atoms with E-state index in [-0.39, 0.29) is 17.5 Å². The lowest BCUT2D eigenvalue weighted by Gasteiger charge is -2.09. The second kappa shape index (κ2) is 8.10. The minimum Gasteiger partial charge on any atom is -0.325 e. The molecule has 4 nitrogen and oxygen atoms in total. The molecule has 6 heteroatoms. The number of nitrogens with one attached hydrogen (secondary N) is 1. The van der Waals surface area contributed by atoms with Crippen molar-refractivity contribution in [1.29, 1.82) is 0 Å². The molecule has 26 heavy (non-hydrogen) atoms. The van der Waals surface area contributed by atoms with Crippen LogP contribution in [0.5, 0.6) is 0 Å². The maximum atomic E-state index is 13.0. The van der Waals surface area contributed by atoms with Gasteiger partial charge in [-0.1, -0.05) is 29.5 Å². The number of hydrogen-bond acceptors (Lipinski definition) is 4. The normalized spacial score (nSPS) is 10.6. The van der Waals surface area contributed by atoms with Gasteiger partial charge in [0.25, 0.3) is 0 Å². The van der Waals surface area contributed by atoms with Crippen molar-refractivity contribution in [2.75, 3.05) is 11.1 Å². The van der Waals surface area contributed by atoms with Gasteiger partial charge in [-0.3, -0.25) is 4.79 Å². The minimum atomic E-state index is -0.288. The van der Waals surface area contributed by atoms with Gasteiger partial charge < -0.3 is 5.32 Å². The molecule has 132 valence electrons. The van der Waals surface area contributed by atoms with Crippen molar-refractivity contribution in [1.82, 2.24) is 10.2 Å². The summed E-state index contributed by atoms with van der Waals surface area (Å²) in [6.45, 7) is 3.98. The van der Waals surface area contributed by atoms with Crippen LogP contribution in [0.4, 0.5) is 10.1 Å². The van der Waals surface area contributed by atoms with Crippen LogP contribution in [-0.2, 0) is 4.79 Å². The number of carbonyl (C=O) groups is 1. The Labute approximate surface area is 155 Å². The lowest BCUT2D eigenvalue weighted by Crippen LogP contribution is -2.15. The van der Waals surface area contributed by atoms with Gasteiger partial charge in [0, 0.05) is 11.3 Å². The Kier molecular flexibility index (Phi) is 5.63. The average Bonchev–Trinajstić information content (AvgIpc) is 2.63. The molecule has 0 radical (unpaired) electrons. The summed E-state index contributed by atoms with van der Waals surface area (Å²) in [5.74, 6) is -0.132. The van der Waals surface area contributed by atoms with E-state index in [0.29, 0.717) is 10.7 Å². The van der Waals surface area contributed by atoms with Crippen LogP contribution in [0.25, 0.3) is 11.3 Å². The average molecular weight is 367 g/mol. The molecule has 1 N–H and O–H groups in total. The van der Waals surface area contributed by atoms with Crippen LogP contribution in [-0.4, -0.2) is 21.9 Å². The van der Waals surface area contributed by atoms with Crippen LogP contribution < -0.4 is 5.32 Å². The summed E-state index contributed by atoms with van der Waals surface area (Å²) >= 11 is 1.32. The predicted octanol–water partition coefficient (Wildman–Crippen LogP) is 4.63. The third-order valence-electron chi connectivity index (χ3n) is 3.79. The highest BCUT2D eigenvalue weighted by Gasteiger charge is 2.08. The second-order valence-electron chi connectivity index (χ2n) is 5.92. The lowest BCUT2D eigenvalue weighted by atomic mass is 10.1. The quantitative estimate of drug-likeness (QED) is 0.668. The van der Waals surface area contributed by atoms with E-state index in [2.05, 4.69) is 15.5 Å². The monoisotopic (exact) mass is 367 g/mol. The van der Waals surface area contributed by atoms with E-state index in [1.54, 1.807) is 18.2 Å². The number of aromatic nitrogens is 2. The van der Waals surface area contributed by atoms with Crippen LogP contribution >= 0.6 is 11.8 Å². The summed E-state index contributed by atoms with van der Waals surface area (Å²) < 4.78 is 13.0. The number of aryl methyl sites for hydroxylation is 2. The summed E-state index contributed by atoms with van der Waals surface area (Å²) in [7, 11) is 0. The first-order valence-electron chi connectivity index (χ1n) is 8.11. The van der Waals surface area contributed by atoms with Crippen molar-refractivity contribution < 1.29 is 9.18 Å². The Morgan fingerprint density at radius 2 is 1.81 bits per heavy atom. The van der Waals surface area contributed by atoms with Crippen LogP contribution in [0.3, 0.4) is 0 Å². The molecule has 2 aromatic carbocycles.